The third kappa shape index (κ3) is 5.19. The average Bonchev–Trinajstić information content (AvgIpc) is 2.56. The van der Waals surface area contributed by atoms with Crippen molar-refractivity contribution in [3.05, 3.63) is 24.3 Å². The molecule has 1 aromatic carbocycles. The largest absolute Gasteiger partial charge is 0.491 e. The first-order valence-electron chi connectivity index (χ1n) is 7.92. The van der Waals surface area contributed by atoms with Gasteiger partial charge in [0, 0.05) is 33.2 Å². The van der Waals surface area contributed by atoms with Crippen LogP contribution in [0.2, 0.25) is 0 Å². The molecule has 24 heavy (non-hydrogen) atoms. The molecule has 1 aliphatic rings. The van der Waals surface area contributed by atoms with Gasteiger partial charge >= 0.3 is 0 Å². The summed E-state index contributed by atoms with van der Waals surface area (Å²) in [6.45, 7) is 3.57. The van der Waals surface area contributed by atoms with E-state index in [0.29, 0.717) is 44.9 Å². The maximum absolute atomic E-state index is 12.4. The molecule has 0 spiro atoms. The fraction of sp³-hybridized carbons (Fsp3) is 0.562. The SMILES string of the molecule is COCCOc1ccc(S(=O)(=O)NC2CCN(C(C)=O)CC2)cc1. The second kappa shape index (κ2) is 8.46. The van der Waals surface area contributed by atoms with Gasteiger partial charge in [0.05, 0.1) is 11.5 Å². The molecular weight excluding hydrogens is 332 g/mol. The number of sulfonamides is 1. The van der Waals surface area contributed by atoms with E-state index in [1.807, 2.05) is 0 Å². The number of methoxy groups -OCH3 is 1. The third-order valence-corrected chi connectivity index (χ3v) is 5.49. The van der Waals surface area contributed by atoms with Gasteiger partial charge in [-0.1, -0.05) is 0 Å². The third-order valence-electron chi connectivity index (χ3n) is 3.95. The number of carbonyl (C=O) groups is 1. The number of hydrogen-bond donors (Lipinski definition) is 1. The lowest BCUT2D eigenvalue weighted by molar-refractivity contribution is -0.129. The molecular formula is C16H24N2O5S. The first-order valence-corrected chi connectivity index (χ1v) is 9.40. The summed E-state index contributed by atoms with van der Waals surface area (Å²) in [6.07, 6.45) is 1.24. The van der Waals surface area contributed by atoms with E-state index < -0.39 is 10.0 Å². The standard InChI is InChI=1S/C16H24N2O5S/c1-13(19)18-9-7-14(8-10-18)17-24(20,21)16-5-3-15(4-6-16)23-12-11-22-2/h3-6,14,17H,7-12H2,1-2H3. The second-order valence-corrected chi connectivity index (χ2v) is 7.43. The highest BCUT2D eigenvalue weighted by Crippen LogP contribution is 2.18. The molecule has 1 heterocycles. The van der Waals surface area contributed by atoms with E-state index in [4.69, 9.17) is 9.47 Å². The molecule has 134 valence electrons. The van der Waals surface area contributed by atoms with Crippen LogP contribution in [0.4, 0.5) is 0 Å². The molecule has 0 aromatic heterocycles. The van der Waals surface area contributed by atoms with Crippen molar-refractivity contribution < 1.29 is 22.7 Å². The molecule has 0 atom stereocenters. The molecule has 1 saturated heterocycles. The van der Waals surface area contributed by atoms with E-state index in [1.54, 1.807) is 24.1 Å². The Bertz CT molecular complexity index is 637. The lowest BCUT2D eigenvalue weighted by Crippen LogP contribution is -2.45. The monoisotopic (exact) mass is 356 g/mol. The fourth-order valence-corrected chi connectivity index (χ4v) is 3.86. The van der Waals surface area contributed by atoms with Gasteiger partial charge < -0.3 is 14.4 Å². The van der Waals surface area contributed by atoms with Crippen LogP contribution >= 0.6 is 0 Å². The zero-order chi connectivity index (χ0) is 17.6. The fourth-order valence-electron chi connectivity index (χ4n) is 2.56. The van der Waals surface area contributed by atoms with E-state index in [0.717, 1.165) is 0 Å². The van der Waals surface area contributed by atoms with Crippen LogP contribution in [0.5, 0.6) is 5.75 Å². The molecule has 8 heteroatoms. The van der Waals surface area contributed by atoms with E-state index >= 15 is 0 Å². The van der Waals surface area contributed by atoms with Gasteiger partial charge in [-0.25, -0.2) is 13.1 Å². The van der Waals surface area contributed by atoms with Crippen molar-refractivity contribution in [2.75, 3.05) is 33.4 Å². The van der Waals surface area contributed by atoms with Crippen LogP contribution in [0.1, 0.15) is 19.8 Å². The smallest absolute Gasteiger partial charge is 0.240 e. The van der Waals surface area contributed by atoms with Crippen molar-refractivity contribution in [1.82, 2.24) is 9.62 Å². The summed E-state index contributed by atoms with van der Waals surface area (Å²) in [5.41, 5.74) is 0. The van der Waals surface area contributed by atoms with Crippen LogP contribution < -0.4 is 9.46 Å². The van der Waals surface area contributed by atoms with Crippen LogP contribution in [0.3, 0.4) is 0 Å². The van der Waals surface area contributed by atoms with Gasteiger partial charge in [0.1, 0.15) is 12.4 Å². The van der Waals surface area contributed by atoms with Gasteiger partial charge in [0.25, 0.3) is 0 Å². The van der Waals surface area contributed by atoms with E-state index in [9.17, 15) is 13.2 Å². The molecule has 0 unspecified atom stereocenters. The number of carbonyl (C=O) groups excluding carboxylic acids is 1. The Kier molecular flexibility index (Phi) is 6.59. The Balaban J connectivity index is 1.92. The van der Waals surface area contributed by atoms with Crippen LogP contribution in [-0.4, -0.2) is 58.7 Å². The lowest BCUT2D eigenvalue weighted by atomic mass is 10.1. The number of nitrogens with zero attached hydrogens (tertiary/aromatic N) is 1. The molecule has 0 radical (unpaired) electrons. The summed E-state index contributed by atoms with van der Waals surface area (Å²) in [7, 11) is -1.98. The topological polar surface area (TPSA) is 84.9 Å². The molecule has 0 saturated carbocycles. The number of amides is 1. The van der Waals surface area contributed by atoms with Crippen molar-refractivity contribution >= 4 is 15.9 Å². The number of piperidine rings is 1. The highest BCUT2D eigenvalue weighted by atomic mass is 32.2. The van der Waals surface area contributed by atoms with Crippen molar-refractivity contribution in [2.45, 2.75) is 30.7 Å². The average molecular weight is 356 g/mol. The molecule has 1 aliphatic heterocycles. The summed E-state index contributed by atoms with van der Waals surface area (Å²) in [5, 5.41) is 0. The lowest BCUT2D eigenvalue weighted by Gasteiger charge is -2.31. The minimum atomic E-state index is -3.57. The minimum absolute atomic E-state index is 0.0281. The number of ether oxygens (including phenoxy) is 2. The maximum atomic E-state index is 12.4. The highest BCUT2D eigenvalue weighted by Gasteiger charge is 2.25. The predicted octanol–water partition coefficient (Wildman–Crippen LogP) is 1.00. The summed E-state index contributed by atoms with van der Waals surface area (Å²) >= 11 is 0. The summed E-state index contributed by atoms with van der Waals surface area (Å²) in [5.74, 6) is 0.626. The van der Waals surface area contributed by atoms with Gasteiger partial charge in [-0.3, -0.25) is 4.79 Å². The quantitative estimate of drug-likeness (QED) is 0.737. The Hall–Kier alpha value is -1.64. The summed E-state index contributed by atoms with van der Waals surface area (Å²) in [4.78, 5) is 13.2. The van der Waals surface area contributed by atoms with Gasteiger partial charge in [0.15, 0.2) is 0 Å². The van der Waals surface area contributed by atoms with Gasteiger partial charge in [-0.05, 0) is 37.1 Å². The van der Waals surface area contributed by atoms with Crippen molar-refractivity contribution in [1.29, 1.82) is 0 Å². The van der Waals surface area contributed by atoms with Crippen molar-refractivity contribution in [2.24, 2.45) is 0 Å². The Morgan fingerprint density at radius 1 is 1.21 bits per heavy atom. The van der Waals surface area contributed by atoms with Crippen LogP contribution in [-0.2, 0) is 19.6 Å². The number of hydrogen-bond acceptors (Lipinski definition) is 5. The second-order valence-electron chi connectivity index (χ2n) is 5.71. The number of rotatable bonds is 7. The molecule has 0 bridgehead atoms. The number of benzene rings is 1. The van der Waals surface area contributed by atoms with Gasteiger partial charge in [0.2, 0.25) is 15.9 Å². The van der Waals surface area contributed by atoms with Crippen LogP contribution in [0.15, 0.2) is 29.2 Å². The van der Waals surface area contributed by atoms with E-state index in [-0.39, 0.29) is 16.8 Å². The molecule has 1 fully saturated rings. The van der Waals surface area contributed by atoms with Crippen molar-refractivity contribution in [3.8, 4) is 5.75 Å². The zero-order valence-corrected chi connectivity index (χ0v) is 14.8. The number of nitrogens with one attached hydrogen (secondary N) is 1. The summed E-state index contributed by atoms with van der Waals surface area (Å²) < 4.78 is 37.9. The van der Waals surface area contributed by atoms with E-state index in [1.165, 1.54) is 19.1 Å². The van der Waals surface area contributed by atoms with Gasteiger partial charge in [-0.15, -0.1) is 0 Å². The Morgan fingerprint density at radius 2 is 1.83 bits per heavy atom. The maximum Gasteiger partial charge on any atom is 0.240 e. The summed E-state index contributed by atoms with van der Waals surface area (Å²) in [6, 6.07) is 6.15. The minimum Gasteiger partial charge on any atom is -0.491 e. The first kappa shape index (κ1) is 18.7. The zero-order valence-electron chi connectivity index (χ0n) is 14.0. The predicted molar refractivity (Wildman–Crippen MR) is 89.4 cm³/mol. The molecule has 1 aromatic rings. The molecule has 2 rings (SSSR count). The molecule has 7 nitrogen and oxygen atoms in total. The Morgan fingerprint density at radius 3 is 2.38 bits per heavy atom. The molecule has 1 N–H and O–H groups in total. The first-order chi connectivity index (χ1) is 11.4. The van der Waals surface area contributed by atoms with Crippen LogP contribution in [0, 0.1) is 0 Å². The molecule has 1 amide bonds. The van der Waals surface area contributed by atoms with Crippen molar-refractivity contribution in [3.63, 3.8) is 0 Å². The normalized spacial score (nSPS) is 16.2. The highest BCUT2D eigenvalue weighted by molar-refractivity contribution is 7.89. The van der Waals surface area contributed by atoms with E-state index in [2.05, 4.69) is 4.72 Å². The number of likely N-dealkylation sites (tertiary alicyclic amines) is 1. The van der Waals surface area contributed by atoms with Gasteiger partial charge in [-0.2, -0.15) is 0 Å². The molecule has 0 aliphatic carbocycles. The Labute approximate surface area is 143 Å². The van der Waals surface area contributed by atoms with Crippen LogP contribution in [0.25, 0.3) is 0 Å².